The van der Waals surface area contributed by atoms with Crippen molar-refractivity contribution in [2.45, 2.75) is 26.4 Å². The van der Waals surface area contributed by atoms with Crippen LogP contribution in [0.5, 0.6) is 11.5 Å². The van der Waals surface area contributed by atoms with Crippen LogP contribution >= 0.6 is 0 Å². The summed E-state index contributed by atoms with van der Waals surface area (Å²) < 4.78 is 5.58. The van der Waals surface area contributed by atoms with Crippen LogP contribution in [0, 0.1) is 10.1 Å². The van der Waals surface area contributed by atoms with Crippen LogP contribution in [0.1, 0.15) is 31.1 Å². The molecule has 5 heteroatoms. The van der Waals surface area contributed by atoms with Crippen LogP contribution in [0.3, 0.4) is 0 Å². The zero-order valence-electron chi connectivity index (χ0n) is 11.9. The van der Waals surface area contributed by atoms with Gasteiger partial charge >= 0.3 is 5.69 Å². The van der Waals surface area contributed by atoms with Crippen LogP contribution in [0.4, 0.5) is 5.69 Å². The molecule has 110 valence electrons. The maximum Gasteiger partial charge on any atom is 0.311 e. The van der Waals surface area contributed by atoms with Crippen molar-refractivity contribution in [2.24, 2.45) is 0 Å². The summed E-state index contributed by atoms with van der Waals surface area (Å²) in [6, 6.07) is 11.8. The van der Waals surface area contributed by atoms with Gasteiger partial charge in [0.2, 0.25) is 5.75 Å². The Labute approximate surface area is 123 Å². The second-order valence-corrected chi connectivity index (χ2v) is 4.76. The van der Waals surface area contributed by atoms with Crippen molar-refractivity contribution < 1.29 is 14.8 Å². The van der Waals surface area contributed by atoms with E-state index >= 15 is 0 Å². The first-order valence-corrected chi connectivity index (χ1v) is 6.74. The number of nitro benzene ring substituents is 1. The second-order valence-electron chi connectivity index (χ2n) is 4.76. The van der Waals surface area contributed by atoms with Crippen molar-refractivity contribution >= 4 is 5.69 Å². The SMILES string of the molecule is CCc1ccc(Oc2ccc([C@H](C)O)cc2)c([N+](=O)[O-])c1. The summed E-state index contributed by atoms with van der Waals surface area (Å²) in [5.74, 6) is 0.703. The number of aliphatic hydroxyl groups is 1. The Hall–Kier alpha value is -2.40. The zero-order chi connectivity index (χ0) is 15.4. The number of rotatable bonds is 5. The summed E-state index contributed by atoms with van der Waals surface area (Å²) in [7, 11) is 0. The van der Waals surface area contributed by atoms with Gasteiger partial charge in [-0.1, -0.05) is 25.1 Å². The molecule has 21 heavy (non-hydrogen) atoms. The molecule has 0 bridgehead atoms. The molecule has 1 atom stereocenters. The van der Waals surface area contributed by atoms with Gasteiger partial charge in [-0.05, 0) is 42.7 Å². The average molecular weight is 287 g/mol. The van der Waals surface area contributed by atoms with Gasteiger partial charge < -0.3 is 9.84 Å². The number of aliphatic hydroxyl groups excluding tert-OH is 1. The van der Waals surface area contributed by atoms with Crippen LogP contribution in [-0.2, 0) is 6.42 Å². The van der Waals surface area contributed by atoms with Crippen molar-refractivity contribution in [2.75, 3.05) is 0 Å². The molecule has 2 rings (SSSR count). The molecule has 0 saturated heterocycles. The van der Waals surface area contributed by atoms with Crippen LogP contribution in [-0.4, -0.2) is 10.0 Å². The molecule has 0 radical (unpaired) electrons. The molecule has 1 N–H and O–H groups in total. The molecule has 0 heterocycles. The maximum absolute atomic E-state index is 11.1. The maximum atomic E-state index is 11.1. The van der Waals surface area contributed by atoms with Gasteiger partial charge in [-0.3, -0.25) is 10.1 Å². The molecule has 0 amide bonds. The lowest BCUT2D eigenvalue weighted by molar-refractivity contribution is -0.385. The van der Waals surface area contributed by atoms with Gasteiger partial charge in [-0.25, -0.2) is 0 Å². The van der Waals surface area contributed by atoms with E-state index in [9.17, 15) is 15.2 Å². The third kappa shape index (κ3) is 3.58. The molecule has 0 saturated carbocycles. The highest BCUT2D eigenvalue weighted by atomic mass is 16.6. The van der Waals surface area contributed by atoms with Gasteiger partial charge in [-0.2, -0.15) is 0 Å². The number of ether oxygens (including phenoxy) is 1. The van der Waals surface area contributed by atoms with Crippen LogP contribution in [0.15, 0.2) is 42.5 Å². The quantitative estimate of drug-likeness (QED) is 0.666. The molecular weight excluding hydrogens is 270 g/mol. The molecule has 5 nitrogen and oxygen atoms in total. The summed E-state index contributed by atoms with van der Waals surface area (Å²) in [5.41, 5.74) is 1.60. The molecular formula is C16H17NO4. The van der Waals surface area contributed by atoms with Crippen LogP contribution < -0.4 is 4.74 Å². The minimum atomic E-state index is -0.558. The summed E-state index contributed by atoms with van der Waals surface area (Å²) in [5, 5.41) is 20.6. The Kier molecular flexibility index (Phi) is 4.55. The van der Waals surface area contributed by atoms with Crippen molar-refractivity contribution in [1.82, 2.24) is 0 Å². The van der Waals surface area contributed by atoms with Crippen LogP contribution in [0.25, 0.3) is 0 Å². The Morgan fingerprint density at radius 3 is 2.43 bits per heavy atom. The van der Waals surface area contributed by atoms with E-state index in [1.165, 1.54) is 6.07 Å². The molecule has 0 aliphatic carbocycles. The molecule has 2 aromatic rings. The minimum Gasteiger partial charge on any atom is -0.450 e. The lowest BCUT2D eigenvalue weighted by Gasteiger charge is -2.09. The first-order valence-electron chi connectivity index (χ1n) is 6.74. The summed E-state index contributed by atoms with van der Waals surface area (Å²) in [6.45, 7) is 3.61. The zero-order valence-corrected chi connectivity index (χ0v) is 11.9. The first-order chi connectivity index (χ1) is 10.0. The van der Waals surface area contributed by atoms with E-state index in [4.69, 9.17) is 4.74 Å². The highest BCUT2D eigenvalue weighted by Crippen LogP contribution is 2.32. The molecule has 0 aromatic heterocycles. The van der Waals surface area contributed by atoms with Gasteiger partial charge in [-0.15, -0.1) is 0 Å². The van der Waals surface area contributed by atoms with E-state index in [0.717, 1.165) is 17.5 Å². The third-order valence-corrected chi connectivity index (χ3v) is 3.22. The van der Waals surface area contributed by atoms with E-state index < -0.39 is 11.0 Å². The topological polar surface area (TPSA) is 72.6 Å². The molecule has 0 spiro atoms. The predicted molar refractivity (Wildman–Crippen MR) is 79.6 cm³/mol. The molecule has 0 unspecified atom stereocenters. The molecule has 2 aromatic carbocycles. The first kappa shape index (κ1) is 15.0. The fourth-order valence-corrected chi connectivity index (χ4v) is 1.95. The van der Waals surface area contributed by atoms with Gasteiger partial charge in [0.25, 0.3) is 0 Å². The van der Waals surface area contributed by atoms with E-state index in [-0.39, 0.29) is 11.4 Å². The standard InChI is InChI=1S/C16H17NO4/c1-3-12-4-9-16(15(10-12)17(19)20)21-14-7-5-13(6-8-14)11(2)18/h4-11,18H,3H2,1-2H3/t11-/m0/s1. The lowest BCUT2D eigenvalue weighted by Crippen LogP contribution is -1.95. The number of hydrogen-bond donors (Lipinski definition) is 1. The summed E-state index contributed by atoms with van der Waals surface area (Å²) in [4.78, 5) is 10.7. The fraction of sp³-hybridized carbons (Fsp3) is 0.250. The van der Waals surface area contributed by atoms with Crippen molar-refractivity contribution in [1.29, 1.82) is 0 Å². The van der Waals surface area contributed by atoms with E-state index in [0.29, 0.717) is 5.75 Å². The van der Waals surface area contributed by atoms with Gasteiger partial charge in [0.15, 0.2) is 0 Å². The second kappa shape index (κ2) is 6.37. The van der Waals surface area contributed by atoms with Gasteiger partial charge in [0.1, 0.15) is 5.75 Å². The average Bonchev–Trinajstić information content (AvgIpc) is 2.48. The predicted octanol–water partition coefficient (Wildman–Crippen LogP) is 4.00. The Bertz CT molecular complexity index is 635. The molecule has 0 fully saturated rings. The fourth-order valence-electron chi connectivity index (χ4n) is 1.95. The van der Waals surface area contributed by atoms with E-state index in [1.807, 2.05) is 13.0 Å². The number of nitrogens with zero attached hydrogens (tertiary/aromatic N) is 1. The van der Waals surface area contributed by atoms with Crippen LogP contribution in [0.2, 0.25) is 0 Å². The highest BCUT2D eigenvalue weighted by molar-refractivity contribution is 5.50. The lowest BCUT2D eigenvalue weighted by atomic mass is 10.1. The summed E-state index contributed by atoms with van der Waals surface area (Å²) >= 11 is 0. The number of aryl methyl sites for hydroxylation is 1. The number of hydrogen-bond acceptors (Lipinski definition) is 4. The van der Waals surface area contributed by atoms with Gasteiger partial charge in [0.05, 0.1) is 11.0 Å². The smallest absolute Gasteiger partial charge is 0.311 e. The van der Waals surface area contributed by atoms with E-state index in [2.05, 4.69) is 0 Å². The van der Waals surface area contributed by atoms with E-state index in [1.54, 1.807) is 37.3 Å². The Balaban J connectivity index is 2.28. The van der Waals surface area contributed by atoms with Crippen molar-refractivity contribution in [3.8, 4) is 11.5 Å². The molecule has 0 aliphatic heterocycles. The monoisotopic (exact) mass is 287 g/mol. The number of nitro groups is 1. The third-order valence-electron chi connectivity index (χ3n) is 3.22. The largest absolute Gasteiger partial charge is 0.450 e. The normalized spacial score (nSPS) is 12.0. The van der Waals surface area contributed by atoms with Crippen molar-refractivity contribution in [3.05, 3.63) is 63.7 Å². The highest BCUT2D eigenvalue weighted by Gasteiger charge is 2.16. The minimum absolute atomic E-state index is 0.0473. The molecule has 0 aliphatic rings. The number of benzene rings is 2. The summed E-state index contributed by atoms with van der Waals surface area (Å²) in [6.07, 6.45) is 0.168. The Morgan fingerprint density at radius 1 is 1.24 bits per heavy atom. The van der Waals surface area contributed by atoms with Gasteiger partial charge in [0, 0.05) is 6.07 Å². The Morgan fingerprint density at radius 2 is 1.90 bits per heavy atom. The van der Waals surface area contributed by atoms with Crippen molar-refractivity contribution in [3.63, 3.8) is 0 Å².